The lowest BCUT2D eigenvalue weighted by molar-refractivity contribution is -0.128. The van der Waals surface area contributed by atoms with Crippen molar-refractivity contribution in [2.24, 2.45) is 0 Å². The fraction of sp³-hybridized carbons (Fsp3) is 0.130. The quantitative estimate of drug-likeness (QED) is 0.488. The van der Waals surface area contributed by atoms with Crippen LogP contribution in [0.15, 0.2) is 72.8 Å². The van der Waals surface area contributed by atoms with E-state index in [9.17, 15) is 9.59 Å². The van der Waals surface area contributed by atoms with Crippen LogP contribution in [-0.2, 0) is 4.79 Å². The van der Waals surface area contributed by atoms with E-state index in [0.29, 0.717) is 27.7 Å². The van der Waals surface area contributed by atoms with Crippen molar-refractivity contribution in [3.8, 4) is 5.75 Å². The number of anilines is 2. The number of ether oxygens (including phenoxy) is 1. The zero-order chi connectivity index (χ0) is 21.7. The summed E-state index contributed by atoms with van der Waals surface area (Å²) in [7, 11) is 0. The minimum absolute atomic E-state index is 0.254. The molecule has 0 aliphatic rings. The van der Waals surface area contributed by atoms with Crippen molar-refractivity contribution in [1.29, 1.82) is 0 Å². The summed E-state index contributed by atoms with van der Waals surface area (Å²) in [6.07, 6.45) is 0. The minimum atomic E-state index is -1.10. The molecule has 0 heterocycles. The molecule has 0 unspecified atom stereocenters. The molecule has 0 aliphatic heterocycles. The number of halogens is 2. The maximum atomic E-state index is 12.7. The molecule has 30 heavy (non-hydrogen) atoms. The highest BCUT2D eigenvalue weighted by atomic mass is 35.5. The van der Waals surface area contributed by atoms with Gasteiger partial charge in [0.25, 0.3) is 11.8 Å². The van der Waals surface area contributed by atoms with Crippen molar-refractivity contribution < 1.29 is 14.3 Å². The third-order valence-corrected chi connectivity index (χ3v) is 4.76. The molecule has 154 valence electrons. The van der Waals surface area contributed by atoms with E-state index in [1.807, 2.05) is 18.2 Å². The monoisotopic (exact) mass is 442 g/mol. The fourth-order valence-electron chi connectivity index (χ4n) is 2.66. The Morgan fingerprint density at radius 1 is 0.833 bits per heavy atom. The van der Waals surface area contributed by atoms with Gasteiger partial charge in [0.1, 0.15) is 5.75 Å². The van der Waals surface area contributed by atoms with Crippen molar-refractivity contribution in [2.45, 2.75) is 19.4 Å². The van der Waals surface area contributed by atoms with Gasteiger partial charge in [0.15, 0.2) is 5.60 Å². The number of carbonyl (C=O) groups is 2. The van der Waals surface area contributed by atoms with Crippen LogP contribution in [0.1, 0.15) is 24.2 Å². The Kier molecular flexibility index (Phi) is 6.65. The Morgan fingerprint density at radius 3 is 2.17 bits per heavy atom. The molecule has 0 radical (unpaired) electrons. The summed E-state index contributed by atoms with van der Waals surface area (Å²) < 4.78 is 5.80. The zero-order valence-electron chi connectivity index (χ0n) is 16.4. The molecular weight excluding hydrogens is 423 g/mol. The molecule has 2 N–H and O–H groups in total. The van der Waals surface area contributed by atoms with Crippen LogP contribution in [0.2, 0.25) is 10.0 Å². The second-order valence-corrected chi connectivity index (χ2v) is 7.88. The van der Waals surface area contributed by atoms with Crippen LogP contribution in [0.3, 0.4) is 0 Å². The van der Waals surface area contributed by atoms with Gasteiger partial charge in [-0.1, -0.05) is 47.5 Å². The maximum Gasteiger partial charge on any atom is 0.267 e. The Labute approximate surface area is 185 Å². The molecule has 0 saturated carbocycles. The van der Waals surface area contributed by atoms with Crippen LogP contribution in [-0.4, -0.2) is 17.4 Å². The number of hydrogen-bond donors (Lipinski definition) is 2. The van der Waals surface area contributed by atoms with E-state index in [0.717, 1.165) is 0 Å². The van der Waals surface area contributed by atoms with Gasteiger partial charge >= 0.3 is 0 Å². The van der Waals surface area contributed by atoms with Gasteiger partial charge in [-0.15, -0.1) is 0 Å². The number of rotatable bonds is 6. The Hall–Kier alpha value is -3.02. The largest absolute Gasteiger partial charge is 0.478 e. The molecule has 2 amide bonds. The van der Waals surface area contributed by atoms with E-state index < -0.39 is 5.60 Å². The van der Waals surface area contributed by atoms with Crippen LogP contribution in [0, 0.1) is 0 Å². The molecule has 0 aromatic heterocycles. The maximum absolute atomic E-state index is 12.7. The first-order valence-electron chi connectivity index (χ1n) is 9.16. The highest BCUT2D eigenvalue weighted by Gasteiger charge is 2.30. The average molecular weight is 443 g/mol. The molecule has 3 rings (SSSR count). The number of para-hydroxylation sites is 1. The third kappa shape index (κ3) is 5.53. The molecule has 0 spiro atoms. The van der Waals surface area contributed by atoms with Crippen LogP contribution in [0.25, 0.3) is 0 Å². The van der Waals surface area contributed by atoms with Gasteiger partial charge in [0.05, 0.1) is 10.6 Å². The molecule has 0 fully saturated rings. The zero-order valence-corrected chi connectivity index (χ0v) is 17.9. The summed E-state index contributed by atoms with van der Waals surface area (Å²) in [4.78, 5) is 25.2. The first kappa shape index (κ1) is 21.7. The molecular formula is C23H20Cl2N2O3. The number of nitrogens with one attached hydrogen (secondary N) is 2. The Morgan fingerprint density at radius 2 is 1.50 bits per heavy atom. The lowest BCUT2D eigenvalue weighted by Gasteiger charge is -2.25. The van der Waals surface area contributed by atoms with Gasteiger partial charge in [-0.25, -0.2) is 0 Å². The van der Waals surface area contributed by atoms with E-state index in [1.165, 1.54) is 6.07 Å². The normalized spacial score (nSPS) is 10.9. The van der Waals surface area contributed by atoms with E-state index in [1.54, 1.807) is 62.4 Å². The smallest absolute Gasteiger partial charge is 0.267 e. The van der Waals surface area contributed by atoms with Crippen LogP contribution in [0.5, 0.6) is 5.75 Å². The van der Waals surface area contributed by atoms with Crippen molar-refractivity contribution in [1.82, 2.24) is 0 Å². The van der Waals surface area contributed by atoms with E-state index in [4.69, 9.17) is 27.9 Å². The summed E-state index contributed by atoms with van der Waals surface area (Å²) in [5, 5.41) is 6.28. The highest BCUT2D eigenvalue weighted by Crippen LogP contribution is 2.24. The van der Waals surface area contributed by atoms with Crippen LogP contribution >= 0.6 is 23.2 Å². The molecule has 3 aromatic rings. The predicted molar refractivity (Wildman–Crippen MR) is 121 cm³/mol. The highest BCUT2D eigenvalue weighted by molar-refractivity contribution is 6.37. The lowest BCUT2D eigenvalue weighted by atomic mass is 10.1. The molecule has 7 heteroatoms. The molecule has 3 aromatic carbocycles. The lowest BCUT2D eigenvalue weighted by Crippen LogP contribution is -2.42. The second-order valence-electron chi connectivity index (χ2n) is 7.04. The van der Waals surface area contributed by atoms with Crippen LogP contribution in [0.4, 0.5) is 11.4 Å². The topological polar surface area (TPSA) is 67.4 Å². The van der Waals surface area contributed by atoms with Gasteiger partial charge in [-0.05, 0) is 62.4 Å². The van der Waals surface area contributed by atoms with Crippen molar-refractivity contribution in [3.05, 3.63) is 88.4 Å². The molecule has 0 aliphatic carbocycles. The van der Waals surface area contributed by atoms with Gasteiger partial charge in [-0.2, -0.15) is 0 Å². The van der Waals surface area contributed by atoms with Gasteiger partial charge in [0, 0.05) is 16.4 Å². The molecule has 0 atom stereocenters. The van der Waals surface area contributed by atoms with Gasteiger partial charge in [0.2, 0.25) is 0 Å². The van der Waals surface area contributed by atoms with E-state index in [-0.39, 0.29) is 16.8 Å². The molecule has 0 bridgehead atoms. The summed E-state index contributed by atoms with van der Waals surface area (Å²) in [6.45, 7) is 3.37. The average Bonchev–Trinajstić information content (AvgIpc) is 2.68. The number of hydrogen-bond acceptors (Lipinski definition) is 3. The summed E-state index contributed by atoms with van der Waals surface area (Å²) in [6, 6.07) is 20.6. The SMILES string of the molecule is CC(C)(Oc1ccccc1)C(=O)Nc1cccc(NC(=O)c2ccc(Cl)cc2Cl)c1. The Bertz CT molecular complexity index is 1070. The number of amides is 2. The predicted octanol–water partition coefficient (Wildman–Crippen LogP) is 6.04. The number of carbonyl (C=O) groups excluding carboxylic acids is 2. The molecule has 0 saturated heterocycles. The van der Waals surface area contributed by atoms with Crippen LogP contribution < -0.4 is 15.4 Å². The summed E-state index contributed by atoms with van der Waals surface area (Å²) in [5.41, 5.74) is 0.223. The van der Waals surface area contributed by atoms with E-state index in [2.05, 4.69) is 10.6 Å². The van der Waals surface area contributed by atoms with Crippen molar-refractivity contribution in [2.75, 3.05) is 10.6 Å². The first-order valence-corrected chi connectivity index (χ1v) is 9.92. The van der Waals surface area contributed by atoms with E-state index >= 15 is 0 Å². The minimum Gasteiger partial charge on any atom is -0.478 e. The first-order chi connectivity index (χ1) is 14.2. The third-order valence-electron chi connectivity index (χ3n) is 4.22. The molecule has 5 nitrogen and oxygen atoms in total. The standard InChI is InChI=1S/C23H20Cl2N2O3/c1-23(2,30-18-9-4-3-5-10-18)22(29)27-17-8-6-7-16(14-17)26-21(28)19-12-11-15(24)13-20(19)25/h3-14H,1-2H3,(H,26,28)(H,27,29). The second kappa shape index (κ2) is 9.20. The summed E-state index contributed by atoms with van der Waals surface area (Å²) in [5.74, 6) is -0.109. The number of benzene rings is 3. The van der Waals surface area contributed by atoms with Crippen molar-refractivity contribution in [3.63, 3.8) is 0 Å². The summed E-state index contributed by atoms with van der Waals surface area (Å²) >= 11 is 12.0. The van der Waals surface area contributed by atoms with Crippen molar-refractivity contribution >= 4 is 46.4 Å². The Balaban J connectivity index is 1.69. The van der Waals surface area contributed by atoms with Gasteiger partial charge in [-0.3, -0.25) is 9.59 Å². The van der Waals surface area contributed by atoms with Gasteiger partial charge < -0.3 is 15.4 Å². The fourth-order valence-corrected chi connectivity index (χ4v) is 3.15.